The van der Waals surface area contributed by atoms with Gasteiger partial charge in [0, 0.05) is 6.92 Å². The molecular formula is C21H25NO6. The molecule has 2 aliphatic heterocycles. The average molecular weight is 387 g/mol. The number of aliphatic hydroxyl groups excluding tert-OH is 1. The molecule has 2 heterocycles. The third kappa shape index (κ3) is 3.84. The van der Waals surface area contributed by atoms with Gasteiger partial charge in [-0.3, -0.25) is 4.79 Å². The van der Waals surface area contributed by atoms with E-state index < -0.39 is 36.4 Å². The van der Waals surface area contributed by atoms with Crippen molar-refractivity contribution in [2.75, 3.05) is 6.61 Å². The van der Waals surface area contributed by atoms with Crippen LogP contribution in [0.4, 0.5) is 0 Å². The van der Waals surface area contributed by atoms with Crippen LogP contribution in [0.5, 0.6) is 5.75 Å². The van der Waals surface area contributed by atoms with Crippen LogP contribution in [0.15, 0.2) is 42.5 Å². The maximum absolute atomic E-state index is 11.7. The zero-order valence-electron chi connectivity index (χ0n) is 16.1. The van der Waals surface area contributed by atoms with Gasteiger partial charge in [-0.25, -0.2) is 0 Å². The van der Waals surface area contributed by atoms with E-state index in [4.69, 9.17) is 18.9 Å². The lowest BCUT2D eigenvalue weighted by molar-refractivity contribution is -0.361. The van der Waals surface area contributed by atoms with Crippen molar-refractivity contribution in [2.45, 2.75) is 57.2 Å². The van der Waals surface area contributed by atoms with Crippen LogP contribution in [0, 0.1) is 0 Å². The average Bonchev–Trinajstić information content (AvgIpc) is 2.65. The van der Waals surface area contributed by atoms with E-state index >= 15 is 0 Å². The van der Waals surface area contributed by atoms with Gasteiger partial charge in [0.2, 0.25) is 12.2 Å². The fourth-order valence-electron chi connectivity index (χ4n) is 3.71. The molecule has 2 fully saturated rings. The first-order valence-electron chi connectivity index (χ1n) is 9.40. The van der Waals surface area contributed by atoms with E-state index in [0.29, 0.717) is 5.75 Å². The van der Waals surface area contributed by atoms with Crippen molar-refractivity contribution in [1.29, 1.82) is 0 Å². The zero-order valence-corrected chi connectivity index (χ0v) is 16.1. The largest absolute Gasteiger partial charge is 0.463 e. The van der Waals surface area contributed by atoms with E-state index in [2.05, 4.69) is 5.32 Å². The number of rotatable bonds is 3. The zero-order chi connectivity index (χ0) is 19.9. The van der Waals surface area contributed by atoms with Gasteiger partial charge in [0.15, 0.2) is 5.79 Å². The van der Waals surface area contributed by atoms with E-state index in [1.165, 1.54) is 6.92 Å². The van der Waals surface area contributed by atoms with Crippen molar-refractivity contribution in [3.63, 3.8) is 0 Å². The third-order valence-electron chi connectivity index (χ3n) is 5.03. The lowest BCUT2D eigenvalue weighted by Gasteiger charge is -2.49. The Hall–Kier alpha value is -2.19. The van der Waals surface area contributed by atoms with Crippen molar-refractivity contribution >= 4 is 16.7 Å². The summed E-state index contributed by atoms with van der Waals surface area (Å²) in [6.45, 7) is 5.21. The van der Waals surface area contributed by atoms with Gasteiger partial charge in [-0.05, 0) is 36.8 Å². The summed E-state index contributed by atoms with van der Waals surface area (Å²) in [5, 5.41) is 15.8. The Morgan fingerprint density at radius 3 is 2.71 bits per heavy atom. The summed E-state index contributed by atoms with van der Waals surface area (Å²) in [5.41, 5.74) is 0. The molecule has 0 saturated carbocycles. The minimum absolute atomic E-state index is 0.263. The molecule has 0 bridgehead atoms. The molecule has 28 heavy (non-hydrogen) atoms. The maximum Gasteiger partial charge on any atom is 0.223 e. The molecule has 7 heteroatoms. The summed E-state index contributed by atoms with van der Waals surface area (Å²) in [5.74, 6) is -0.537. The molecule has 4 rings (SSSR count). The monoisotopic (exact) mass is 387 g/mol. The third-order valence-corrected chi connectivity index (χ3v) is 5.03. The second kappa shape index (κ2) is 7.33. The van der Waals surface area contributed by atoms with Gasteiger partial charge in [0.25, 0.3) is 0 Å². The summed E-state index contributed by atoms with van der Waals surface area (Å²) >= 11 is 0. The summed E-state index contributed by atoms with van der Waals surface area (Å²) in [7, 11) is 0. The second-order valence-corrected chi connectivity index (χ2v) is 7.68. The Balaban J connectivity index is 1.59. The van der Waals surface area contributed by atoms with Crippen LogP contribution in [-0.4, -0.2) is 54.1 Å². The number of nitrogens with one attached hydrogen (secondary N) is 1. The highest BCUT2D eigenvalue weighted by atomic mass is 16.8. The minimum atomic E-state index is -1.00. The summed E-state index contributed by atoms with van der Waals surface area (Å²) in [4.78, 5) is 11.7. The highest BCUT2D eigenvalue weighted by molar-refractivity contribution is 5.83. The molecule has 2 aromatic rings. The van der Waals surface area contributed by atoms with E-state index in [0.717, 1.165) is 10.8 Å². The first-order valence-corrected chi connectivity index (χ1v) is 9.40. The van der Waals surface area contributed by atoms with E-state index in [-0.39, 0.29) is 12.5 Å². The lowest BCUT2D eigenvalue weighted by atomic mass is 9.95. The van der Waals surface area contributed by atoms with Crippen molar-refractivity contribution in [3.8, 4) is 5.75 Å². The van der Waals surface area contributed by atoms with Crippen LogP contribution in [0.1, 0.15) is 20.8 Å². The van der Waals surface area contributed by atoms with Crippen LogP contribution in [0.3, 0.4) is 0 Å². The Morgan fingerprint density at radius 2 is 1.96 bits per heavy atom. The second-order valence-electron chi connectivity index (χ2n) is 7.68. The highest BCUT2D eigenvalue weighted by Gasteiger charge is 2.52. The van der Waals surface area contributed by atoms with E-state index in [9.17, 15) is 9.90 Å². The minimum Gasteiger partial charge on any atom is -0.463 e. The Bertz CT molecular complexity index is 869. The molecule has 5 atom stereocenters. The van der Waals surface area contributed by atoms with Gasteiger partial charge < -0.3 is 29.4 Å². The molecule has 0 spiro atoms. The van der Waals surface area contributed by atoms with Gasteiger partial charge in [-0.15, -0.1) is 0 Å². The van der Waals surface area contributed by atoms with Crippen molar-refractivity contribution in [3.05, 3.63) is 42.5 Å². The van der Waals surface area contributed by atoms with Gasteiger partial charge in [-0.1, -0.05) is 30.3 Å². The standard InChI is InChI=1S/C21H25NO6/c1-12(23)22-17-18(24)19-16(11-25-21(2,3)28-19)27-20(17)26-15-9-8-13-6-4-5-7-14(13)10-15/h4-10,16-20,24H,11H2,1-3H3,(H,22,23)/t16-,17+,18+,19+,20-/m0/s1. The normalized spacial score (nSPS) is 31.8. The van der Waals surface area contributed by atoms with Crippen molar-refractivity contribution in [2.24, 2.45) is 0 Å². The molecule has 2 aromatic carbocycles. The maximum atomic E-state index is 11.7. The van der Waals surface area contributed by atoms with Crippen molar-refractivity contribution in [1.82, 2.24) is 5.32 Å². The molecule has 2 N–H and O–H groups in total. The van der Waals surface area contributed by atoms with E-state index in [1.807, 2.05) is 42.5 Å². The molecule has 150 valence electrons. The fourth-order valence-corrected chi connectivity index (χ4v) is 3.71. The molecule has 2 saturated heterocycles. The number of fused-ring (bicyclic) bond motifs is 2. The number of ether oxygens (including phenoxy) is 4. The summed E-state index contributed by atoms with van der Waals surface area (Å²) in [6, 6.07) is 12.9. The van der Waals surface area contributed by atoms with Crippen LogP contribution in [-0.2, 0) is 19.0 Å². The number of hydrogen-bond acceptors (Lipinski definition) is 6. The summed E-state index contributed by atoms with van der Waals surface area (Å²) < 4.78 is 23.6. The lowest BCUT2D eigenvalue weighted by Crippen LogP contribution is -2.69. The van der Waals surface area contributed by atoms with Crippen LogP contribution in [0.2, 0.25) is 0 Å². The topological polar surface area (TPSA) is 86.3 Å². The fraction of sp³-hybridized carbons (Fsp3) is 0.476. The first-order chi connectivity index (χ1) is 13.3. The Labute approximate surface area is 163 Å². The first kappa shape index (κ1) is 19.1. The van der Waals surface area contributed by atoms with Gasteiger partial charge in [0.05, 0.1) is 6.61 Å². The van der Waals surface area contributed by atoms with Crippen LogP contribution >= 0.6 is 0 Å². The number of benzene rings is 2. The number of hydrogen-bond donors (Lipinski definition) is 2. The number of amides is 1. The predicted octanol–water partition coefficient (Wildman–Crippen LogP) is 1.96. The molecular weight excluding hydrogens is 362 g/mol. The number of carbonyl (C=O) groups is 1. The molecule has 0 radical (unpaired) electrons. The number of aliphatic hydroxyl groups is 1. The molecule has 7 nitrogen and oxygen atoms in total. The number of carbonyl (C=O) groups excluding carboxylic acids is 1. The molecule has 2 aliphatic rings. The van der Waals surface area contributed by atoms with Crippen LogP contribution in [0.25, 0.3) is 10.8 Å². The summed E-state index contributed by atoms with van der Waals surface area (Å²) in [6.07, 6.45) is -3.01. The Morgan fingerprint density at radius 1 is 1.21 bits per heavy atom. The van der Waals surface area contributed by atoms with Crippen molar-refractivity contribution < 1.29 is 28.8 Å². The molecule has 0 unspecified atom stereocenters. The molecule has 0 aliphatic carbocycles. The quantitative estimate of drug-likeness (QED) is 0.837. The van der Waals surface area contributed by atoms with Crippen LogP contribution < -0.4 is 10.1 Å². The smallest absolute Gasteiger partial charge is 0.223 e. The SMILES string of the molecule is CC(=O)N[C@H]1[C@@H](Oc2ccc3ccccc3c2)O[C@H]2COC(C)(C)O[C@H]2[C@@H]1O. The van der Waals surface area contributed by atoms with E-state index in [1.54, 1.807) is 13.8 Å². The van der Waals surface area contributed by atoms with Gasteiger partial charge in [0.1, 0.15) is 30.1 Å². The predicted molar refractivity (Wildman–Crippen MR) is 102 cm³/mol. The molecule has 1 amide bonds. The van der Waals surface area contributed by atoms with Gasteiger partial charge >= 0.3 is 0 Å². The van der Waals surface area contributed by atoms with Gasteiger partial charge in [-0.2, -0.15) is 0 Å². The molecule has 0 aromatic heterocycles. The Kier molecular flexibility index (Phi) is 5.01. The highest BCUT2D eigenvalue weighted by Crippen LogP contribution is 2.33.